The Morgan fingerprint density at radius 1 is 0.516 bits per heavy atom. The first-order valence-corrected chi connectivity index (χ1v) is 22.2. The largest absolute Gasteiger partial charge is 0.462 e. The summed E-state index contributed by atoms with van der Waals surface area (Å²) >= 11 is 0. The van der Waals surface area contributed by atoms with Crippen LogP contribution in [0.15, 0.2) is 91.0 Å². The van der Waals surface area contributed by atoms with Gasteiger partial charge in [-0.1, -0.05) is 130 Å². The monoisotopic (exact) mass is 892 g/mol. The van der Waals surface area contributed by atoms with E-state index in [1.54, 1.807) is 0 Å². The quantitative estimate of drug-likeness (QED) is 0.0438. The second-order valence-electron chi connectivity index (χ2n) is 15.9. The van der Waals surface area contributed by atoms with E-state index in [9.17, 15) is 19.2 Å². The van der Waals surface area contributed by atoms with Gasteiger partial charge in [-0.3, -0.25) is 19.2 Å². The summed E-state index contributed by atoms with van der Waals surface area (Å²) in [6, 6.07) is 29.0. The summed E-state index contributed by atoms with van der Waals surface area (Å²) in [5.41, 5.74) is 2.74. The summed E-state index contributed by atoms with van der Waals surface area (Å²) in [7, 11) is 0. The first-order valence-electron chi connectivity index (χ1n) is 22.2. The predicted octanol–water partition coefficient (Wildman–Crippen LogP) is 6.94. The van der Waals surface area contributed by atoms with Gasteiger partial charge in [-0.05, 0) is 23.1 Å². The van der Waals surface area contributed by atoms with Crippen LogP contribution in [0, 0.1) is 0 Å². The lowest BCUT2D eigenvalue weighted by atomic mass is 10.0. The molecule has 64 heavy (non-hydrogen) atoms. The lowest BCUT2D eigenvalue weighted by molar-refractivity contribution is -0.252. The van der Waals surface area contributed by atoms with Crippen LogP contribution in [-0.4, -0.2) is 105 Å². The van der Waals surface area contributed by atoms with E-state index >= 15 is 0 Å². The Morgan fingerprint density at radius 2 is 1.03 bits per heavy atom. The molecule has 10 atom stereocenters. The smallest absolute Gasteiger partial charge is 0.303 e. The lowest BCUT2D eigenvalue weighted by Crippen LogP contribution is -2.49. The van der Waals surface area contributed by atoms with E-state index in [0.717, 1.165) is 48.8 Å². The molecular formula is C49H64O15. The van der Waals surface area contributed by atoms with Crippen LogP contribution in [0.1, 0.15) is 89.8 Å². The zero-order chi connectivity index (χ0) is 45.7. The third-order valence-corrected chi connectivity index (χ3v) is 10.6. The Balaban J connectivity index is 1.52. The third-order valence-electron chi connectivity index (χ3n) is 10.6. The van der Waals surface area contributed by atoms with Gasteiger partial charge in [0.15, 0.2) is 30.9 Å². The van der Waals surface area contributed by atoms with Crippen molar-refractivity contribution < 1.29 is 71.3 Å². The number of hydrogen-bond donors (Lipinski definition) is 0. The first kappa shape index (κ1) is 50.3. The van der Waals surface area contributed by atoms with Crippen LogP contribution in [-0.2, 0) is 91.1 Å². The molecule has 2 saturated heterocycles. The fraction of sp³-hybridized carbons (Fsp3) is 0.551. The van der Waals surface area contributed by atoms with E-state index in [1.165, 1.54) is 34.1 Å². The summed E-state index contributed by atoms with van der Waals surface area (Å²) in [5, 5.41) is 0. The van der Waals surface area contributed by atoms with Gasteiger partial charge in [-0.2, -0.15) is 0 Å². The summed E-state index contributed by atoms with van der Waals surface area (Å²) in [5.74, 6) is -2.87. The molecule has 0 radical (unpaired) electrons. The van der Waals surface area contributed by atoms with Crippen molar-refractivity contribution >= 4 is 23.9 Å². The number of ether oxygens (including phenoxy) is 11. The van der Waals surface area contributed by atoms with Crippen LogP contribution >= 0.6 is 0 Å². The lowest BCUT2D eigenvalue weighted by Gasteiger charge is -2.32. The molecule has 0 saturated carbocycles. The summed E-state index contributed by atoms with van der Waals surface area (Å²) in [6.07, 6.45) is -4.97. The number of rotatable bonds is 27. The number of benzene rings is 3. The van der Waals surface area contributed by atoms with Crippen molar-refractivity contribution in [3.05, 3.63) is 108 Å². The molecule has 2 unspecified atom stereocenters. The van der Waals surface area contributed by atoms with Crippen LogP contribution < -0.4 is 0 Å². The van der Waals surface area contributed by atoms with Crippen molar-refractivity contribution in [2.45, 2.75) is 154 Å². The van der Waals surface area contributed by atoms with Crippen LogP contribution in [0.4, 0.5) is 0 Å². The number of carbonyl (C=O) groups is 4. The number of unbranched alkanes of at least 4 members (excludes halogenated alkanes) is 5. The van der Waals surface area contributed by atoms with E-state index in [-0.39, 0.29) is 26.4 Å². The Kier molecular flexibility index (Phi) is 21.1. The SMILES string of the molecule is CCCCCCCCO[C@@H]1O[C@@H](C(COCc2ccccc2)O[C@@H]2O[C@@H](C(COC(C)=O)OC(C)=O)[C@H](OC(C)=O)[C@H]2OC(C)=O)[C@H](OCc2ccccc2)[C@H]1OCc1ccccc1. The molecule has 0 amide bonds. The highest BCUT2D eigenvalue weighted by molar-refractivity contribution is 5.68. The molecular weight excluding hydrogens is 829 g/mol. The van der Waals surface area contributed by atoms with Gasteiger partial charge in [0.2, 0.25) is 0 Å². The van der Waals surface area contributed by atoms with Crippen molar-refractivity contribution in [3.8, 4) is 0 Å². The molecule has 0 bridgehead atoms. The topological polar surface area (TPSA) is 170 Å². The molecule has 0 N–H and O–H groups in total. The maximum absolute atomic E-state index is 12.7. The molecule has 0 aliphatic carbocycles. The van der Waals surface area contributed by atoms with Crippen molar-refractivity contribution in [1.29, 1.82) is 0 Å². The van der Waals surface area contributed by atoms with E-state index < -0.39 is 91.9 Å². The number of hydrogen-bond acceptors (Lipinski definition) is 15. The highest BCUT2D eigenvalue weighted by Gasteiger charge is 2.57. The van der Waals surface area contributed by atoms with Crippen LogP contribution in [0.2, 0.25) is 0 Å². The highest BCUT2D eigenvalue weighted by Crippen LogP contribution is 2.37. The summed E-state index contributed by atoms with van der Waals surface area (Å²) in [4.78, 5) is 49.6. The van der Waals surface area contributed by atoms with Gasteiger partial charge in [0.1, 0.15) is 37.1 Å². The Labute approximate surface area is 376 Å². The van der Waals surface area contributed by atoms with E-state index in [4.69, 9.17) is 52.1 Å². The Morgan fingerprint density at radius 3 is 1.59 bits per heavy atom. The molecule has 15 heteroatoms. The standard InChI is InChI=1S/C49H64O15/c1-6-7-8-9-10-20-27-55-48-46(58-30-39-25-18-13-19-26-39)44(57-29-38-23-16-12-17-24-38)42(63-48)40(31-54-28-37-21-14-11-15-22-37)62-49-47(61-36(5)53)45(60-35(4)52)43(64-49)41(59-34(3)51)32-56-33(2)50/h11-19,21-26,40-49H,6-10,20,27-32H2,1-5H3/t40?,41?,42-,43-,44-,45-,46+,47+,48+,49+/m0/s1. The van der Waals surface area contributed by atoms with Gasteiger partial charge in [0.25, 0.3) is 0 Å². The molecule has 3 aromatic carbocycles. The fourth-order valence-electron chi connectivity index (χ4n) is 7.62. The van der Waals surface area contributed by atoms with Crippen molar-refractivity contribution in [2.24, 2.45) is 0 Å². The maximum atomic E-state index is 12.7. The number of esters is 4. The Hall–Kier alpha value is -4.74. The van der Waals surface area contributed by atoms with E-state index in [2.05, 4.69) is 6.92 Å². The molecule has 350 valence electrons. The Bertz CT molecular complexity index is 1830. The fourth-order valence-corrected chi connectivity index (χ4v) is 7.62. The van der Waals surface area contributed by atoms with Crippen molar-refractivity contribution in [1.82, 2.24) is 0 Å². The minimum absolute atomic E-state index is 0.101. The summed E-state index contributed by atoms with van der Waals surface area (Å²) in [6.45, 7) is 7.36. The molecule has 2 aliphatic heterocycles. The van der Waals surface area contributed by atoms with Crippen LogP contribution in [0.5, 0.6) is 0 Å². The minimum Gasteiger partial charge on any atom is -0.462 e. The van der Waals surface area contributed by atoms with Gasteiger partial charge in [-0.25, -0.2) is 0 Å². The molecule has 2 fully saturated rings. The van der Waals surface area contributed by atoms with Crippen molar-refractivity contribution in [3.63, 3.8) is 0 Å². The van der Waals surface area contributed by atoms with Crippen molar-refractivity contribution in [2.75, 3.05) is 19.8 Å². The molecule has 0 aromatic heterocycles. The second kappa shape index (κ2) is 26.9. The minimum atomic E-state index is -1.47. The first-order chi connectivity index (χ1) is 31.0. The average molecular weight is 893 g/mol. The third kappa shape index (κ3) is 16.4. The van der Waals surface area contributed by atoms with Crippen LogP contribution in [0.25, 0.3) is 0 Å². The molecule has 15 nitrogen and oxygen atoms in total. The van der Waals surface area contributed by atoms with Gasteiger partial charge in [0.05, 0.1) is 26.4 Å². The molecule has 0 spiro atoms. The van der Waals surface area contributed by atoms with Gasteiger partial charge in [-0.15, -0.1) is 0 Å². The summed E-state index contributed by atoms with van der Waals surface area (Å²) < 4.78 is 68.6. The zero-order valence-electron chi connectivity index (χ0n) is 37.5. The highest BCUT2D eigenvalue weighted by atomic mass is 16.8. The van der Waals surface area contributed by atoms with Crippen LogP contribution in [0.3, 0.4) is 0 Å². The van der Waals surface area contributed by atoms with E-state index in [0.29, 0.717) is 6.61 Å². The van der Waals surface area contributed by atoms with Gasteiger partial charge >= 0.3 is 23.9 Å². The number of carbonyl (C=O) groups excluding carboxylic acids is 4. The van der Waals surface area contributed by atoms with E-state index in [1.807, 2.05) is 91.0 Å². The predicted molar refractivity (Wildman–Crippen MR) is 231 cm³/mol. The molecule has 5 rings (SSSR count). The molecule has 2 heterocycles. The molecule has 3 aromatic rings. The van der Waals surface area contributed by atoms with Gasteiger partial charge < -0.3 is 52.1 Å². The molecule has 2 aliphatic rings. The average Bonchev–Trinajstić information content (AvgIpc) is 3.79. The maximum Gasteiger partial charge on any atom is 0.303 e. The normalized spacial score (nSPS) is 23.8. The second-order valence-corrected chi connectivity index (χ2v) is 15.9. The zero-order valence-corrected chi connectivity index (χ0v) is 37.5. The van der Waals surface area contributed by atoms with Gasteiger partial charge in [0, 0.05) is 34.3 Å².